The summed E-state index contributed by atoms with van der Waals surface area (Å²) < 4.78 is 1.73. The Hall–Kier alpha value is -1.11. The third-order valence-electron chi connectivity index (χ3n) is 1.88. The van der Waals surface area contributed by atoms with E-state index >= 15 is 0 Å². The van der Waals surface area contributed by atoms with Gasteiger partial charge in [-0.15, -0.1) is 24.8 Å². The molecule has 0 aromatic carbocycles. The molecule has 2 rings (SSSR count). The third-order valence-corrected chi connectivity index (χ3v) is 1.88. The summed E-state index contributed by atoms with van der Waals surface area (Å²) in [5.74, 6) is 0. The Morgan fingerprint density at radius 3 is 2.67 bits per heavy atom. The van der Waals surface area contributed by atoms with Crippen LogP contribution in [0.4, 0.5) is 0 Å². The molecule has 0 bridgehead atoms. The van der Waals surface area contributed by atoms with E-state index in [4.69, 9.17) is 5.73 Å². The van der Waals surface area contributed by atoms with Gasteiger partial charge in [0.15, 0.2) is 0 Å². The highest BCUT2D eigenvalue weighted by atomic mass is 35.5. The van der Waals surface area contributed by atoms with Gasteiger partial charge in [-0.2, -0.15) is 20.5 Å². The van der Waals surface area contributed by atoms with Gasteiger partial charge >= 0.3 is 0 Å². The predicted molar refractivity (Wildman–Crippen MR) is 61.0 cm³/mol. The Morgan fingerprint density at radius 2 is 2.13 bits per heavy atom. The van der Waals surface area contributed by atoms with E-state index in [0.717, 1.165) is 17.1 Å². The number of hydrogen-bond donors (Lipinski definition) is 2. The standard InChI is InChI=1S/C7H10N6.2ClH/c1-13-6(2-3-9-13)7-5(4-8)10-12-11-7;;/h2-3H,4,8H2,1H3,(H,10,11,12);2*1H. The zero-order valence-corrected chi connectivity index (χ0v) is 9.68. The van der Waals surface area contributed by atoms with Crippen molar-refractivity contribution >= 4 is 24.8 Å². The third kappa shape index (κ3) is 2.47. The van der Waals surface area contributed by atoms with E-state index in [1.165, 1.54) is 0 Å². The number of halogens is 2. The molecule has 3 N–H and O–H groups in total. The molecule has 15 heavy (non-hydrogen) atoms. The highest BCUT2D eigenvalue weighted by Crippen LogP contribution is 2.17. The van der Waals surface area contributed by atoms with E-state index in [1.807, 2.05) is 13.1 Å². The van der Waals surface area contributed by atoms with Crippen molar-refractivity contribution in [1.82, 2.24) is 25.2 Å². The van der Waals surface area contributed by atoms with E-state index in [-0.39, 0.29) is 24.8 Å². The summed E-state index contributed by atoms with van der Waals surface area (Å²) >= 11 is 0. The first kappa shape index (κ1) is 13.9. The van der Waals surface area contributed by atoms with Crippen LogP contribution in [0.15, 0.2) is 12.3 Å². The van der Waals surface area contributed by atoms with Gasteiger partial charge in [0.25, 0.3) is 0 Å². The second kappa shape index (κ2) is 5.69. The zero-order chi connectivity index (χ0) is 9.26. The molecule has 0 atom stereocenters. The van der Waals surface area contributed by atoms with Crippen LogP contribution >= 0.6 is 24.8 Å². The van der Waals surface area contributed by atoms with Gasteiger partial charge in [-0.05, 0) is 6.07 Å². The van der Waals surface area contributed by atoms with Gasteiger partial charge in [0, 0.05) is 19.8 Å². The second-order valence-electron chi connectivity index (χ2n) is 2.66. The summed E-state index contributed by atoms with van der Waals surface area (Å²) in [5, 5.41) is 14.5. The molecule has 2 aromatic rings. The predicted octanol–water partition coefficient (Wildman–Crippen LogP) is 0.507. The summed E-state index contributed by atoms with van der Waals surface area (Å²) in [5.41, 5.74) is 7.93. The highest BCUT2D eigenvalue weighted by molar-refractivity contribution is 5.85. The molecule has 0 radical (unpaired) electrons. The summed E-state index contributed by atoms with van der Waals surface area (Å²) in [6.07, 6.45) is 1.71. The molecular weight excluding hydrogens is 239 g/mol. The molecule has 0 amide bonds. The quantitative estimate of drug-likeness (QED) is 0.814. The van der Waals surface area contributed by atoms with Crippen molar-refractivity contribution in [3.63, 3.8) is 0 Å². The van der Waals surface area contributed by atoms with Gasteiger partial charge in [-0.3, -0.25) is 4.68 Å². The monoisotopic (exact) mass is 250 g/mol. The van der Waals surface area contributed by atoms with E-state index < -0.39 is 0 Å². The number of H-pyrrole nitrogens is 1. The molecular formula is C7H12Cl2N6. The van der Waals surface area contributed by atoms with E-state index in [9.17, 15) is 0 Å². The van der Waals surface area contributed by atoms with Crippen molar-refractivity contribution in [3.05, 3.63) is 18.0 Å². The fourth-order valence-corrected chi connectivity index (χ4v) is 1.21. The highest BCUT2D eigenvalue weighted by Gasteiger charge is 2.11. The Bertz CT molecular complexity index is 409. The van der Waals surface area contributed by atoms with Crippen molar-refractivity contribution in [1.29, 1.82) is 0 Å². The first-order chi connectivity index (χ1) is 6.33. The topological polar surface area (TPSA) is 85.4 Å². The second-order valence-corrected chi connectivity index (χ2v) is 2.66. The van der Waals surface area contributed by atoms with Gasteiger partial charge in [0.2, 0.25) is 0 Å². The molecule has 0 aliphatic heterocycles. The number of nitrogens with one attached hydrogen (secondary N) is 1. The van der Waals surface area contributed by atoms with Crippen molar-refractivity contribution in [2.75, 3.05) is 0 Å². The summed E-state index contributed by atoms with van der Waals surface area (Å²) in [4.78, 5) is 0. The maximum absolute atomic E-state index is 5.50. The van der Waals surface area contributed by atoms with E-state index in [0.29, 0.717) is 6.54 Å². The lowest BCUT2D eigenvalue weighted by atomic mass is 10.2. The van der Waals surface area contributed by atoms with Crippen molar-refractivity contribution in [2.24, 2.45) is 12.8 Å². The molecule has 0 aliphatic rings. The first-order valence-electron chi connectivity index (χ1n) is 3.91. The van der Waals surface area contributed by atoms with Crippen LogP contribution in [0.25, 0.3) is 11.4 Å². The average molecular weight is 251 g/mol. The minimum Gasteiger partial charge on any atom is -0.325 e. The minimum atomic E-state index is 0. The molecule has 8 heteroatoms. The molecule has 0 spiro atoms. The lowest BCUT2D eigenvalue weighted by molar-refractivity contribution is 0.771. The van der Waals surface area contributed by atoms with Crippen LogP contribution in [0.1, 0.15) is 5.69 Å². The van der Waals surface area contributed by atoms with Crippen LogP contribution in [-0.2, 0) is 13.6 Å². The Labute approximate surface area is 99.1 Å². The number of aromatic amines is 1. The Kier molecular flexibility index (Phi) is 5.27. The molecule has 0 fully saturated rings. The molecule has 0 aliphatic carbocycles. The fourth-order valence-electron chi connectivity index (χ4n) is 1.21. The van der Waals surface area contributed by atoms with E-state index in [2.05, 4.69) is 20.5 Å². The van der Waals surface area contributed by atoms with Gasteiger partial charge < -0.3 is 5.73 Å². The van der Waals surface area contributed by atoms with Crippen molar-refractivity contribution < 1.29 is 0 Å². The van der Waals surface area contributed by atoms with Gasteiger partial charge in [-0.1, -0.05) is 0 Å². The van der Waals surface area contributed by atoms with Crippen LogP contribution in [0.3, 0.4) is 0 Å². The molecule has 84 valence electrons. The molecule has 2 heterocycles. The number of nitrogens with two attached hydrogens (primary N) is 1. The number of rotatable bonds is 2. The molecule has 6 nitrogen and oxygen atoms in total. The average Bonchev–Trinajstić information content (AvgIpc) is 2.71. The fraction of sp³-hybridized carbons (Fsp3) is 0.286. The number of aromatic nitrogens is 5. The normalized spacial score (nSPS) is 9.20. The molecule has 0 saturated heterocycles. The smallest absolute Gasteiger partial charge is 0.135 e. The van der Waals surface area contributed by atoms with Gasteiger partial charge in [0.05, 0.1) is 5.69 Å². The van der Waals surface area contributed by atoms with Crippen LogP contribution in [0, 0.1) is 0 Å². The van der Waals surface area contributed by atoms with E-state index in [1.54, 1.807) is 10.9 Å². The summed E-state index contributed by atoms with van der Waals surface area (Å²) in [6.45, 7) is 0.372. The van der Waals surface area contributed by atoms with Crippen LogP contribution in [-0.4, -0.2) is 25.2 Å². The van der Waals surface area contributed by atoms with Crippen molar-refractivity contribution in [3.8, 4) is 11.4 Å². The number of hydrogen-bond acceptors (Lipinski definition) is 4. The first-order valence-corrected chi connectivity index (χ1v) is 3.91. The Balaban J connectivity index is 0.000000980. The molecule has 0 saturated carbocycles. The summed E-state index contributed by atoms with van der Waals surface area (Å²) in [7, 11) is 1.85. The zero-order valence-electron chi connectivity index (χ0n) is 8.04. The minimum absolute atomic E-state index is 0. The van der Waals surface area contributed by atoms with Gasteiger partial charge in [-0.25, -0.2) is 0 Å². The largest absolute Gasteiger partial charge is 0.325 e. The SMILES string of the molecule is Cl.Cl.Cn1nccc1-c1n[nH]nc1CN. The maximum atomic E-state index is 5.50. The lowest BCUT2D eigenvalue weighted by Gasteiger charge is -1.97. The molecule has 0 unspecified atom stereocenters. The van der Waals surface area contributed by atoms with Crippen LogP contribution in [0.2, 0.25) is 0 Å². The van der Waals surface area contributed by atoms with Crippen LogP contribution < -0.4 is 5.73 Å². The number of aryl methyl sites for hydroxylation is 1. The molecule has 2 aromatic heterocycles. The number of nitrogens with zero attached hydrogens (tertiary/aromatic N) is 4. The summed E-state index contributed by atoms with van der Waals surface area (Å²) in [6, 6.07) is 1.87. The maximum Gasteiger partial charge on any atom is 0.135 e. The van der Waals surface area contributed by atoms with Crippen LogP contribution in [0.5, 0.6) is 0 Å². The Morgan fingerprint density at radius 1 is 1.40 bits per heavy atom. The lowest BCUT2D eigenvalue weighted by Crippen LogP contribution is -2.01. The van der Waals surface area contributed by atoms with Crippen molar-refractivity contribution in [2.45, 2.75) is 6.54 Å². The van der Waals surface area contributed by atoms with Gasteiger partial charge in [0.1, 0.15) is 11.4 Å².